The topological polar surface area (TPSA) is 180 Å². The monoisotopic (exact) mass is 1030 g/mol. The molecule has 12 nitrogen and oxygen atoms in total. The van der Waals surface area contributed by atoms with Crippen molar-refractivity contribution in [2.24, 2.45) is 0 Å². The molecule has 19 heteroatoms. The van der Waals surface area contributed by atoms with Crippen LogP contribution in [0.25, 0.3) is 101 Å². The van der Waals surface area contributed by atoms with Gasteiger partial charge in [0.1, 0.15) is 11.5 Å². The number of carbonyl (C=O) groups excluding carboxylic acids is 2. The van der Waals surface area contributed by atoms with E-state index in [4.69, 9.17) is 39.9 Å². The van der Waals surface area contributed by atoms with Crippen LogP contribution in [-0.2, 0) is 35.8 Å². The average molecular weight is 1040 g/mol. The van der Waals surface area contributed by atoms with E-state index in [1.54, 1.807) is 12.1 Å². The van der Waals surface area contributed by atoms with Gasteiger partial charge >= 0.3 is 38.6 Å². The van der Waals surface area contributed by atoms with Gasteiger partial charge in [-0.25, -0.2) is 9.97 Å². The molecular formula is C52H30F6N8O4Zr. The standard InChI is InChI=1S/C32H16N8.2C10H7F3O2.Zr/c1-2-10-18-17(9-1)25-33-26(18)38-28-21-13-5-6-14-22(21)30(35-28)40-32-24-16-8-7-15-23(24)31(36-32)39-29-20-12-4-3-11-19(20)27(34-29)37-25;2*11-10(12,13)9(15)6-8(14)7-4-2-1-3-5-7;/h1-16H;2*1-6,14H;/q-2;;;+2/b;2*8-6-;. The third kappa shape index (κ3) is 10.6. The zero-order chi connectivity index (χ0) is 49.2. The van der Waals surface area contributed by atoms with Crippen LogP contribution in [0.5, 0.6) is 0 Å². The van der Waals surface area contributed by atoms with Gasteiger partial charge in [0, 0.05) is 68.1 Å². The molecule has 11 rings (SSSR count). The summed E-state index contributed by atoms with van der Waals surface area (Å²) in [5.74, 6) is -3.34. The van der Waals surface area contributed by atoms with Crippen LogP contribution in [0.1, 0.15) is 11.1 Å². The minimum atomic E-state index is -4.96. The fourth-order valence-electron chi connectivity index (χ4n) is 7.25. The van der Waals surface area contributed by atoms with Crippen LogP contribution in [-0.4, -0.2) is 64.0 Å². The summed E-state index contributed by atoms with van der Waals surface area (Å²) in [5.41, 5.74) is 6.11. The van der Waals surface area contributed by atoms with Crippen molar-refractivity contribution in [2.45, 2.75) is 12.4 Å². The second-order valence-electron chi connectivity index (χ2n) is 15.2. The van der Waals surface area contributed by atoms with Crippen molar-refractivity contribution in [1.29, 1.82) is 0 Å². The molecule has 0 saturated carbocycles. The molecule has 0 spiro atoms. The Morgan fingerprint density at radius 3 is 0.873 bits per heavy atom. The first kappa shape index (κ1) is 49.0. The molecular weight excluding hydrogens is 1010 g/mol. The Kier molecular flexibility index (Phi) is 14.0. The molecule has 9 aromatic rings. The van der Waals surface area contributed by atoms with Gasteiger partial charge < -0.3 is 40.1 Å². The maximum atomic E-state index is 11.8. The minimum absolute atomic E-state index is 0. The molecule has 0 unspecified atom stereocenters. The summed E-state index contributed by atoms with van der Waals surface area (Å²) >= 11 is 0. The first-order chi connectivity index (χ1) is 33.6. The molecule has 0 fully saturated rings. The molecule has 6 aromatic carbocycles. The Hall–Kier alpha value is -8.44. The molecule has 0 saturated heterocycles. The van der Waals surface area contributed by atoms with Crippen LogP contribution in [0.15, 0.2) is 170 Å². The van der Waals surface area contributed by atoms with E-state index < -0.39 is 35.4 Å². The normalized spacial score (nSPS) is 12.1. The maximum absolute atomic E-state index is 11.8. The van der Waals surface area contributed by atoms with Crippen molar-refractivity contribution in [3.05, 3.63) is 181 Å². The zero-order valence-corrected chi connectivity index (χ0v) is 38.7. The largest absolute Gasteiger partial charge is 2.00 e. The minimum Gasteiger partial charge on any atom is -0.507 e. The van der Waals surface area contributed by atoms with Gasteiger partial charge in [-0.15, -0.1) is 0 Å². The van der Waals surface area contributed by atoms with E-state index >= 15 is 0 Å². The van der Waals surface area contributed by atoms with Gasteiger partial charge in [-0.1, -0.05) is 158 Å². The smallest absolute Gasteiger partial charge is 0.507 e. The van der Waals surface area contributed by atoms with Gasteiger partial charge in [-0.2, -0.15) is 26.3 Å². The van der Waals surface area contributed by atoms with Crippen molar-refractivity contribution in [3.8, 4) is 45.6 Å². The van der Waals surface area contributed by atoms with Crippen LogP contribution < -0.4 is 9.97 Å². The molecule has 0 aliphatic carbocycles. The predicted octanol–water partition coefficient (Wildman–Crippen LogP) is 11.6. The number of nitrogens with zero attached hydrogens (tertiary/aromatic N) is 8. The molecule has 0 atom stereocenters. The third-order valence-electron chi connectivity index (χ3n) is 10.6. The van der Waals surface area contributed by atoms with Crippen molar-refractivity contribution in [1.82, 2.24) is 39.9 Å². The van der Waals surface area contributed by atoms with Gasteiger partial charge in [0.25, 0.3) is 11.6 Å². The molecule has 0 amide bonds. The number of ketones is 2. The van der Waals surface area contributed by atoms with E-state index in [1.165, 1.54) is 48.5 Å². The molecule has 0 radical (unpaired) electrons. The average Bonchev–Trinajstić information content (AvgIpc) is 4.10. The fraction of sp³-hybridized carbons (Fsp3) is 0.0385. The van der Waals surface area contributed by atoms with Crippen molar-refractivity contribution in [2.75, 3.05) is 0 Å². The van der Waals surface area contributed by atoms with E-state index in [2.05, 4.69) is 0 Å². The Morgan fingerprint density at radius 2 is 0.620 bits per heavy atom. The molecule has 5 heterocycles. The number of hydrogen-bond donors (Lipinski definition) is 2. The Morgan fingerprint density at radius 1 is 0.380 bits per heavy atom. The van der Waals surface area contributed by atoms with E-state index in [9.17, 15) is 46.1 Å². The quantitative estimate of drug-likeness (QED) is 0.0969. The first-order valence-electron chi connectivity index (χ1n) is 20.9. The summed E-state index contributed by atoms with van der Waals surface area (Å²) in [6, 6.07) is 46.9. The summed E-state index contributed by atoms with van der Waals surface area (Å²) < 4.78 is 70.9. The summed E-state index contributed by atoms with van der Waals surface area (Å²) in [5, 5.41) is 22.0. The summed E-state index contributed by atoms with van der Waals surface area (Å²) in [6.07, 6.45) is -9.59. The third-order valence-corrected chi connectivity index (χ3v) is 10.6. The van der Waals surface area contributed by atoms with Crippen LogP contribution in [0, 0.1) is 0 Å². The number of carbonyl (C=O) groups is 2. The summed E-state index contributed by atoms with van der Waals surface area (Å²) in [6.45, 7) is 0. The summed E-state index contributed by atoms with van der Waals surface area (Å²) in [4.78, 5) is 60.2. The number of allylic oxidation sites excluding steroid dienone is 2. The number of hydrogen-bond acceptors (Lipinski definition) is 10. The second kappa shape index (κ2) is 20.3. The second-order valence-corrected chi connectivity index (χ2v) is 15.2. The first-order valence-corrected chi connectivity index (χ1v) is 20.9. The molecule has 2 aliphatic rings. The number of fused-ring (bicyclic) bond motifs is 20. The molecule has 348 valence electrons. The van der Waals surface area contributed by atoms with E-state index in [-0.39, 0.29) is 49.5 Å². The van der Waals surface area contributed by atoms with Gasteiger partial charge in [-0.3, -0.25) is 9.59 Å². The van der Waals surface area contributed by atoms with Gasteiger partial charge in [-0.05, 0) is 21.5 Å². The molecule has 2 N–H and O–H groups in total. The van der Waals surface area contributed by atoms with Crippen molar-refractivity contribution < 1.29 is 72.3 Å². The Bertz CT molecular complexity index is 3330. The summed E-state index contributed by atoms with van der Waals surface area (Å²) in [7, 11) is 0. The van der Waals surface area contributed by atoms with Gasteiger partial charge in [0.15, 0.2) is 0 Å². The predicted molar refractivity (Wildman–Crippen MR) is 250 cm³/mol. The number of aromatic nitrogens is 8. The van der Waals surface area contributed by atoms with Crippen LogP contribution in [0.3, 0.4) is 0 Å². The van der Waals surface area contributed by atoms with Crippen LogP contribution in [0.2, 0.25) is 0 Å². The van der Waals surface area contributed by atoms with Crippen molar-refractivity contribution >= 4 is 67.2 Å². The molecule has 3 aromatic heterocycles. The maximum Gasteiger partial charge on any atom is 2.00 e. The number of aliphatic hydroxyl groups is 2. The number of rotatable bonds is 4. The molecule has 71 heavy (non-hydrogen) atoms. The number of aliphatic hydroxyl groups excluding tert-OH is 2. The van der Waals surface area contributed by atoms with Gasteiger partial charge in [0.2, 0.25) is 0 Å². The van der Waals surface area contributed by atoms with Gasteiger partial charge in [0.05, 0.1) is 23.3 Å². The molecule has 8 bridgehead atoms. The number of halogens is 6. The van der Waals surface area contributed by atoms with Crippen LogP contribution in [0.4, 0.5) is 26.3 Å². The van der Waals surface area contributed by atoms with Crippen LogP contribution >= 0.6 is 0 Å². The Balaban J connectivity index is 0.000000181. The van der Waals surface area contributed by atoms with E-state index in [0.29, 0.717) is 45.9 Å². The Labute approximate surface area is 416 Å². The molecule has 2 aliphatic heterocycles. The zero-order valence-electron chi connectivity index (χ0n) is 36.2. The SMILES string of the molecule is O=C(/C=C(\O)c1ccccc1)C(F)(F)F.O=C(/C=C(\O)c1ccccc1)C(F)(F)F.[Zr+2].c1ccc2c(c1)-c1nc-2nc2[n-]c(nc3nc(nc4[n-]c(n1)c1ccccc41)-c1ccccc1-3)c1ccccc21. The van der Waals surface area contributed by atoms with E-state index in [0.717, 1.165) is 43.8 Å². The van der Waals surface area contributed by atoms with Crippen molar-refractivity contribution in [3.63, 3.8) is 0 Å². The number of benzene rings is 6. The number of alkyl halides is 6. The van der Waals surface area contributed by atoms with E-state index in [1.807, 2.05) is 97.1 Å². The fourth-order valence-corrected chi connectivity index (χ4v) is 7.25.